The minimum Gasteiger partial charge on any atom is -0.342 e. The van der Waals surface area contributed by atoms with Gasteiger partial charge in [0, 0.05) is 12.6 Å². The predicted octanol–water partition coefficient (Wildman–Crippen LogP) is 1.93. The first-order valence-electron chi connectivity index (χ1n) is 11.2. The Kier molecular flexibility index (Phi) is 6.85. The maximum absolute atomic E-state index is 14.3. The van der Waals surface area contributed by atoms with Crippen LogP contribution in [0.1, 0.15) is 49.0 Å². The SMILES string of the molecule is CC(C)c1ccc([C@@H](NC(=O)[C@@H]2C[C@@H](F)CN2C(=O)Cn2cn[nH]c2=O)c2ccccc2)nc1. The minimum atomic E-state index is -1.33. The molecule has 1 aliphatic heterocycles. The number of benzene rings is 1. The van der Waals surface area contributed by atoms with Crippen LogP contribution in [0.4, 0.5) is 4.39 Å². The predicted molar refractivity (Wildman–Crippen MR) is 123 cm³/mol. The second-order valence-electron chi connectivity index (χ2n) is 8.71. The van der Waals surface area contributed by atoms with Gasteiger partial charge in [-0.25, -0.2) is 14.3 Å². The number of nitrogens with zero attached hydrogens (tertiary/aromatic N) is 4. The number of pyridine rings is 1. The van der Waals surface area contributed by atoms with E-state index in [-0.39, 0.29) is 19.5 Å². The molecule has 0 aliphatic carbocycles. The third-order valence-electron chi connectivity index (χ3n) is 5.99. The number of nitrogens with one attached hydrogen (secondary N) is 2. The molecule has 178 valence electrons. The summed E-state index contributed by atoms with van der Waals surface area (Å²) in [5.74, 6) is -0.690. The summed E-state index contributed by atoms with van der Waals surface area (Å²) in [6, 6.07) is 11.6. The number of halogens is 1. The number of aromatic amines is 1. The van der Waals surface area contributed by atoms with Crippen LogP contribution in [0, 0.1) is 0 Å². The summed E-state index contributed by atoms with van der Waals surface area (Å²) in [7, 11) is 0. The lowest BCUT2D eigenvalue weighted by Crippen LogP contribution is -2.48. The molecule has 1 fully saturated rings. The third kappa shape index (κ3) is 5.05. The Hall–Kier alpha value is -3.82. The van der Waals surface area contributed by atoms with Crippen molar-refractivity contribution in [2.75, 3.05) is 6.54 Å². The van der Waals surface area contributed by atoms with E-state index in [1.54, 1.807) is 6.20 Å². The van der Waals surface area contributed by atoms with Gasteiger partial charge >= 0.3 is 5.69 Å². The molecule has 0 unspecified atom stereocenters. The molecule has 1 aliphatic rings. The maximum Gasteiger partial charge on any atom is 0.343 e. The Balaban J connectivity index is 1.56. The molecule has 2 amide bonds. The highest BCUT2D eigenvalue weighted by Crippen LogP contribution is 2.25. The van der Waals surface area contributed by atoms with E-state index in [1.807, 2.05) is 42.5 Å². The van der Waals surface area contributed by atoms with Crippen molar-refractivity contribution in [2.45, 2.75) is 51.0 Å². The molecule has 2 N–H and O–H groups in total. The monoisotopic (exact) mass is 466 g/mol. The molecular weight excluding hydrogens is 439 g/mol. The van der Waals surface area contributed by atoms with Gasteiger partial charge in [-0.3, -0.25) is 19.1 Å². The Labute approximate surface area is 196 Å². The number of likely N-dealkylation sites (tertiary alicyclic amines) is 1. The van der Waals surface area contributed by atoms with E-state index in [9.17, 15) is 18.8 Å². The first-order chi connectivity index (χ1) is 16.3. The average molecular weight is 467 g/mol. The van der Waals surface area contributed by atoms with E-state index in [0.717, 1.165) is 15.7 Å². The third-order valence-corrected chi connectivity index (χ3v) is 5.99. The summed E-state index contributed by atoms with van der Waals surface area (Å²) in [5, 5.41) is 8.76. The normalized spacial score (nSPS) is 18.8. The number of rotatable bonds is 7. The first-order valence-corrected chi connectivity index (χ1v) is 11.2. The highest BCUT2D eigenvalue weighted by atomic mass is 19.1. The fourth-order valence-corrected chi connectivity index (χ4v) is 4.07. The van der Waals surface area contributed by atoms with E-state index in [4.69, 9.17) is 0 Å². The zero-order valence-electron chi connectivity index (χ0n) is 19.0. The zero-order chi connectivity index (χ0) is 24.2. The molecule has 0 spiro atoms. The smallest absolute Gasteiger partial charge is 0.342 e. The lowest BCUT2D eigenvalue weighted by Gasteiger charge is -2.26. The highest BCUT2D eigenvalue weighted by Gasteiger charge is 2.40. The fourth-order valence-electron chi connectivity index (χ4n) is 4.07. The molecule has 10 heteroatoms. The van der Waals surface area contributed by atoms with Crippen molar-refractivity contribution in [3.8, 4) is 0 Å². The van der Waals surface area contributed by atoms with Crippen molar-refractivity contribution in [3.63, 3.8) is 0 Å². The van der Waals surface area contributed by atoms with Gasteiger partial charge in [-0.1, -0.05) is 50.2 Å². The van der Waals surface area contributed by atoms with E-state index in [0.29, 0.717) is 11.6 Å². The van der Waals surface area contributed by atoms with E-state index in [2.05, 4.69) is 34.3 Å². The maximum atomic E-state index is 14.3. The zero-order valence-corrected chi connectivity index (χ0v) is 19.0. The Morgan fingerprint density at radius 1 is 1.18 bits per heavy atom. The van der Waals surface area contributed by atoms with Crippen molar-refractivity contribution >= 4 is 11.8 Å². The minimum absolute atomic E-state index is 0.112. The van der Waals surface area contributed by atoms with Crippen LogP contribution < -0.4 is 11.0 Å². The Bertz CT molecular complexity index is 1190. The topological polar surface area (TPSA) is 113 Å². The van der Waals surface area contributed by atoms with Crippen LogP contribution in [0.25, 0.3) is 0 Å². The largest absolute Gasteiger partial charge is 0.343 e. The molecule has 3 heterocycles. The van der Waals surface area contributed by atoms with Crippen LogP contribution >= 0.6 is 0 Å². The summed E-state index contributed by atoms with van der Waals surface area (Å²) in [6.07, 6.45) is 1.53. The molecular formula is C24H27FN6O3. The number of hydrogen-bond donors (Lipinski definition) is 2. The van der Waals surface area contributed by atoms with Crippen molar-refractivity contribution < 1.29 is 14.0 Å². The summed E-state index contributed by atoms with van der Waals surface area (Å²) in [4.78, 5) is 43.6. The summed E-state index contributed by atoms with van der Waals surface area (Å²) in [5.41, 5.74) is 1.98. The van der Waals surface area contributed by atoms with Crippen molar-refractivity contribution in [3.05, 3.63) is 82.3 Å². The van der Waals surface area contributed by atoms with Gasteiger partial charge in [0.05, 0.1) is 18.3 Å². The second kappa shape index (κ2) is 9.98. The first kappa shape index (κ1) is 23.3. The van der Waals surface area contributed by atoms with Gasteiger partial charge in [-0.05, 0) is 23.1 Å². The number of aromatic nitrogens is 4. The van der Waals surface area contributed by atoms with Gasteiger partial charge in [-0.2, -0.15) is 5.10 Å². The van der Waals surface area contributed by atoms with Gasteiger partial charge in [0.25, 0.3) is 0 Å². The molecule has 0 saturated carbocycles. The van der Waals surface area contributed by atoms with Crippen LogP contribution in [0.5, 0.6) is 0 Å². The van der Waals surface area contributed by atoms with Crippen LogP contribution in [0.3, 0.4) is 0 Å². The van der Waals surface area contributed by atoms with Crippen molar-refractivity contribution in [1.82, 2.24) is 30.0 Å². The molecule has 3 aromatic rings. The number of carbonyl (C=O) groups is 2. The molecule has 1 saturated heterocycles. The quantitative estimate of drug-likeness (QED) is 0.553. The average Bonchev–Trinajstić information content (AvgIpc) is 3.43. The molecule has 4 rings (SSSR count). The number of hydrogen-bond acceptors (Lipinski definition) is 5. The number of H-pyrrole nitrogens is 1. The van der Waals surface area contributed by atoms with Gasteiger partial charge in [-0.15, -0.1) is 0 Å². The molecule has 34 heavy (non-hydrogen) atoms. The number of amides is 2. The molecule has 1 aromatic carbocycles. The van der Waals surface area contributed by atoms with Gasteiger partial charge in [0.1, 0.15) is 25.1 Å². The molecule has 3 atom stereocenters. The lowest BCUT2D eigenvalue weighted by molar-refractivity contribution is -0.139. The summed E-state index contributed by atoms with van der Waals surface area (Å²) < 4.78 is 15.4. The van der Waals surface area contributed by atoms with Crippen molar-refractivity contribution in [2.24, 2.45) is 0 Å². The Morgan fingerprint density at radius 2 is 1.94 bits per heavy atom. The van der Waals surface area contributed by atoms with Crippen LogP contribution in [0.15, 0.2) is 59.8 Å². The molecule has 0 radical (unpaired) electrons. The summed E-state index contributed by atoms with van der Waals surface area (Å²) >= 11 is 0. The van der Waals surface area contributed by atoms with E-state index in [1.165, 1.54) is 11.2 Å². The Morgan fingerprint density at radius 3 is 2.56 bits per heavy atom. The standard InChI is InChI=1S/C24H27FN6O3/c1-15(2)17-8-9-19(26-11-17)22(16-6-4-3-5-7-16)28-23(33)20-10-18(25)12-31(20)21(32)13-30-14-27-29-24(30)34/h3-9,11,14-15,18,20,22H,10,12-13H2,1-2H3,(H,28,33)(H,29,34)/t18-,20+,22+/m1/s1. The van der Waals surface area contributed by atoms with E-state index >= 15 is 0 Å². The van der Waals surface area contributed by atoms with Crippen LogP contribution in [-0.4, -0.2) is 55.2 Å². The van der Waals surface area contributed by atoms with Gasteiger partial charge in [0.2, 0.25) is 11.8 Å². The fraction of sp³-hybridized carbons (Fsp3) is 0.375. The highest BCUT2D eigenvalue weighted by molar-refractivity contribution is 5.88. The lowest BCUT2D eigenvalue weighted by atomic mass is 10.00. The van der Waals surface area contributed by atoms with Gasteiger partial charge in [0.15, 0.2) is 0 Å². The van der Waals surface area contributed by atoms with Crippen LogP contribution in [0.2, 0.25) is 0 Å². The molecule has 9 nitrogen and oxygen atoms in total. The van der Waals surface area contributed by atoms with Crippen LogP contribution in [-0.2, 0) is 16.1 Å². The van der Waals surface area contributed by atoms with Gasteiger partial charge < -0.3 is 10.2 Å². The number of carbonyl (C=O) groups excluding carboxylic acids is 2. The molecule has 2 aromatic heterocycles. The summed E-state index contributed by atoms with van der Waals surface area (Å²) in [6.45, 7) is 3.61. The van der Waals surface area contributed by atoms with Crippen molar-refractivity contribution in [1.29, 1.82) is 0 Å². The van der Waals surface area contributed by atoms with E-state index < -0.39 is 35.8 Å². The molecule has 0 bridgehead atoms. The number of alkyl halides is 1. The second-order valence-corrected chi connectivity index (χ2v) is 8.71.